The van der Waals surface area contributed by atoms with Gasteiger partial charge in [0.15, 0.2) is 0 Å². The number of anilines is 1. The Kier molecular flexibility index (Phi) is 5.57. The standard InChI is InChI=1S/C18H21FN2O2/c1-4-23-17-9-8-14(18(22)21(2)3)11-16(17)20-12-13-6-5-7-15(19)10-13/h5-11,20H,4,12H2,1-3H3. The van der Waals surface area contributed by atoms with Crippen LogP contribution in [0.15, 0.2) is 42.5 Å². The molecule has 122 valence electrons. The smallest absolute Gasteiger partial charge is 0.253 e. The van der Waals surface area contributed by atoms with Gasteiger partial charge in [-0.2, -0.15) is 0 Å². The van der Waals surface area contributed by atoms with E-state index in [0.717, 1.165) is 5.56 Å². The molecule has 0 unspecified atom stereocenters. The second-order valence-electron chi connectivity index (χ2n) is 5.33. The highest BCUT2D eigenvalue weighted by atomic mass is 19.1. The number of ether oxygens (including phenoxy) is 1. The summed E-state index contributed by atoms with van der Waals surface area (Å²) in [6.07, 6.45) is 0. The number of nitrogens with one attached hydrogen (secondary N) is 1. The molecule has 2 rings (SSSR count). The lowest BCUT2D eigenvalue weighted by Gasteiger charge is -2.16. The summed E-state index contributed by atoms with van der Waals surface area (Å²) in [6, 6.07) is 11.7. The molecule has 4 nitrogen and oxygen atoms in total. The predicted molar refractivity (Wildman–Crippen MR) is 89.4 cm³/mol. The Balaban J connectivity index is 2.23. The van der Waals surface area contributed by atoms with Crippen molar-refractivity contribution in [3.8, 4) is 5.75 Å². The first-order valence-electron chi connectivity index (χ1n) is 7.48. The topological polar surface area (TPSA) is 41.6 Å². The van der Waals surface area contributed by atoms with E-state index in [2.05, 4.69) is 5.32 Å². The van der Waals surface area contributed by atoms with E-state index >= 15 is 0 Å². The summed E-state index contributed by atoms with van der Waals surface area (Å²) in [4.78, 5) is 13.6. The van der Waals surface area contributed by atoms with Crippen LogP contribution in [-0.2, 0) is 6.54 Å². The van der Waals surface area contributed by atoms with Gasteiger partial charge in [-0.05, 0) is 42.8 Å². The number of hydrogen-bond donors (Lipinski definition) is 1. The van der Waals surface area contributed by atoms with Crippen LogP contribution in [0.25, 0.3) is 0 Å². The monoisotopic (exact) mass is 316 g/mol. The maximum atomic E-state index is 13.2. The Morgan fingerprint density at radius 2 is 2.00 bits per heavy atom. The number of carbonyl (C=O) groups excluding carboxylic acids is 1. The lowest BCUT2D eigenvalue weighted by atomic mass is 10.1. The van der Waals surface area contributed by atoms with Gasteiger partial charge in [0.2, 0.25) is 0 Å². The Hall–Kier alpha value is -2.56. The highest BCUT2D eigenvalue weighted by Crippen LogP contribution is 2.27. The second-order valence-corrected chi connectivity index (χ2v) is 5.33. The summed E-state index contributed by atoms with van der Waals surface area (Å²) in [5.41, 5.74) is 2.10. The minimum atomic E-state index is -0.272. The molecule has 1 amide bonds. The fourth-order valence-electron chi connectivity index (χ4n) is 2.18. The van der Waals surface area contributed by atoms with Crippen LogP contribution in [0.3, 0.4) is 0 Å². The van der Waals surface area contributed by atoms with E-state index in [1.807, 2.05) is 13.0 Å². The number of amides is 1. The van der Waals surface area contributed by atoms with Gasteiger partial charge in [0.1, 0.15) is 11.6 Å². The SMILES string of the molecule is CCOc1ccc(C(=O)N(C)C)cc1NCc1cccc(F)c1. The molecule has 5 heteroatoms. The first kappa shape index (κ1) is 16.8. The van der Waals surface area contributed by atoms with Crippen LogP contribution in [0.5, 0.6) is 5.75 Å². The van der Waals surface area contributed by atoms with Crippen LogP contribution in [0.1, 0.15) is 22.8 Å². The fourth-order valence-corrected chi connectivity index (χ4v) is 2.18. The average Bonchev–Trinajstić information content (AvgIpc) is 2.53. The van der Waals surface area contributed by atoms with Gasteiger partial charge in [-0.25, -0.2) is 4.39 Å². The van der Waals surface area contributed by atoms with Gasteiger partial charge in [-0.3, -0.25) is 4.79 Å². The van der Waals surface area contributed by atoms with Crippen molar-refractivity contribution in [2.45, 2.75) is 13.5 Å². The van der Waals surface area contributed by atoms with Gasteiger partial charge in [-0.15, -0.1) is 0 Å². The Morgan fingerprint density at radius 1 is 1.22 bits per heavy atom. The van der Waals surface area contributed by atoms with Gasteiger partial charge >= 0.3 is 0 Å². The van der Waals surface area contributed by atoms with E-state index in [1.165, 1.54) is 17.0 Å². The summed E-state index contributed by atoms with van der Waals surface area (Å²) in [7, 11) is 3.41. The highest BCUT2D eigenvalue weighted by Gasteiger charge is 2.12. The lowest BCUT2D eigenvalue weighted by molar-refractivity contribution is 0.0827. The van der Waals surface area contributed by atoms with Crippen molar-refractivity contribution in [2.75, 3.05) is 26.0 Å². The molecule has 0 fully saturated rings. The quantitative estimate of drug-likeness (QED) is 0.886. The molecule has 0 aromatic heterocycles. The van der Waals surface area contributed by atoms with Gasteiger partial charge < -0.3 is 15.0 Å². The zero-order valence-electron chi connectivity index (χ0n) is 13.6. The third-order valence-electron chi connectivity index (χ3n) is 3.30. The molecule has 0 bridgehead atoms. The van der Waals surface area contributed by atoms with E-state index in [1.54, 1.807) is 38.4 Å². The Labute approximate surface area is 135 Å². The van der Waals surface area contributed by atoms with E-state index in [9.17, 15) is 9.18 Å². The van der Waals surface area contributed by atoms with E-state index in [4.69, 9.17) is 4.74 Å². The van der Waals surface area contributed by atoms with Gasteiger partial charge in [0, 0.05) is 26.2 Å². The van der Waals surface area contributed by atoms with Crippen molar-refractivity contribution in [3.63, 3.8) is 0 Å². The molecule has 0 radical (unpaired) electrons. The van der Waals surface area contributed by atoms with Crippen LogP contribution in [0.4, 0.5) is 10.1 Å². The second kappa shape index (κ2) is 7.63. The summed E-state index contributed by atoms with van der Waals surface area (Å²) in [5, 5.41) is 3.21. The molecule has 0 aliphatic carbocycles. The third-order valence-corrected chi connectivity index (χ3v) is 3.30. The van der Waals surface area contributed by atoms with Crippen molar-refractivity contribution < 1.29 is 13.9 Å². The lowest BCUT2D eigenvalue weighted by Crippen LogP contribution is -2.21. The Bertz CT molecular complexity index is 686. The van der Waals surface area contributed by atoms with Crippen LogP contribution in [-0.4, -0.2) is 31.5 Å². The molecule has 0 atom stereocenters. The van der Waals surface area contributed by atoms with Gasteiger partial charge in [0.25, 0.3) is 5.91 Å². The number of benzene rings is 2. The van der Waals surface area contributed by atoms with Crippen molar-refractivity contribution in [1.29, 1.82) is 0 Å². The molecule has 23 heavy (non-hydrogen) atoms. The normalized spacial score (nSPS) is 10.3. The highest BCUT2D eigenvalue weighted by molar-refractivity contribution is 5.95. The molecule has 0 spiro atoms. The summed E-state index contributed by atoms with van der Waals surface area (Å²) in [6.45, 7) is 2.86. The molecule has 0 aliphatic heterocycles. The third kappa shape index (κ3) is 4.45. The minimum Gasteiger partial charge on any atom is -0.492 e. The first-order valence-corrected chi connectivity index (χ1v) is 7.48. The number of carbonyl (C=O) groups is 1. The summed E-state index contributed by atoms with van der Waals surface area (Å²) >= 11 is 0. The minimum absolute atomic E-state index is 0.0816. The zero-order chi connectivity index (χ0) is 16.8. The largest absolute Gasteiger partial charge is 0.492 e. The van der Waals surface area contributed by atoms with Gasteiger partial charge in [0.05, 0.1) is 12.3 Å². The number of nitrogens with zero attached hydrogens (tertiary/aromatic N) is 1. The molecule has 0 heterocycles. The molecule has 0 saturated carbocycles. The molecule has 0 aliphatic rings. The molecule has 0 saturated heterocycles. The molecule has 2 aromatic rings. The van der Waals surface area contributed by atoms with Crippen LogP contribution < -0.4 is 10.1 Å². The van der Waals surface area contributed by atoms with Crippen LogP contribution >= 0.6 is 0 Å². The van der Waals surface area contributed by atoms with E-state index < -0.39 is 0 Å². The average molecular weight is 316 g/mol. The van der Waals surface area contributed by atoms with Crippen molar-refractivity contribution in [3.05, 3.63) is 59.4 Å². The van der Waals surface area contributed by atoms with E-state index in [-0.39, 0.29) is 11.7 Å². The maximum Gasteiger partial charge on any atom is 0.253 e. The van der Waals surface area contributed by atoms with Crippen molar-refractivity contribution in [2.24, 2.45) is 0 Å². The predicted octanol–water partition coefficient (Wildman–Crippen LogP) is 3.54. The summed E-state index contributed by atoms with van der Waals surface area (Å²) < 4.78 is 18.8. The number of hydrogen-bond acceptors (Lipinski definition) is 3. The summed E-state index contributed by atoms with van der Waals surface area (Å²) in [5.74, 6) is 0.312. The molecule has 1 N–H and O–H groups in total. The number of rotatable bonds is 6. The van der Waals surface area contributed by atoms with Crippen LogP contribution in [0, 0.1) is 5.82 Å². The number of halogens is 1. The maximum absolute atomic E-state index is 13.2. The molecular weight excluding hydrogens is 295 g/mol. The first-order chi connectivity index (χ1) is 11.0. The molecule has 2 aromatic carbocycles. The van der Waals surface area contributed by atoms with E-state index in [0.29, 0.717) is 30.2 Å². The van der Waals surface area contributed by atoms with Crippen molar-refractivity contribution in [1.82, 2.24) is 4.90 Å². The zero-order valence-corrected chi connectivity index (χ0v) is 13.6. The molecular formula is C18H21FN2O2. The van der Waals surface area contributed by atoms with Gasteiger partial charge in [-0.1, -0.05) is 12.1 Å². The fraction of sp³-hybridized carbons (Fsp3) is 0.278. The van der Waals surface area contributed by atoms with Crippen LogP contribution in [0.2, 0.25) is 0 Å². The van der Waals surface area contributed by atoms with Crippen molar-refractivity contribution >= 4 is 11.6 Å². The Morgan fingerprint density at radius 3 is 2.65 bits per heavy atom.